The number of thioether (sulfide) groups is 1. The van der Waals surface area contributed by atoms with Gasteiger partial charge >= 0.3 is 0 Å². The van der Waals surface area contributed by atoms with Crippen molar-refractivity contribution in [2.24, 2.45) is 0 Å². The zero-order chi connectivity index (χ0) is 28.6. The van der Waals surface area contributed by atoms with Crippen molar-refractivity contribution in [3.8, 4) is 0 Å². The molecule has 6 nitrogen and oxygen atoms in total. The molecule has 3 amide bonds. The molecule has 1 aliphatic rings. The van der Waals surface area contributed by atoms with E-state index in [2.05, 4.69) is 16.7 Å². The van der Waals surface area contributed by atoms with Crippen LogP contribution in [0, 0.1) is 0 Å². The second-order valence-electron chi connectivity index (χ2n) is 9.48. The molecule has 4 aromatic rings. The Kier molecular flexibility index (Phi) is 9.19. The molecule has 0 saturated heterocycles. The van der Waals surface area contributed by atoms with E-state index in [4.69, 9.17) is 11.6 Å². The van der Waals surface area contributed by atoms with Crippen molar-refractivity contribution < 1.29 is 14.4 Å². The second-order valence-corrected chi connectivity index (χ2v) is 11.0. The summed E-state index contributed by atoms with van der Waals surface area (Å²) in [6, 6.07) is 31.0. The van der Waals surface area contributed by atoms with E-state index in [9.17, 15) is 14.4 Å². The fourth-order valence-electron chi connectivity index (χ4n) is 4.55. The first kappa shape index (κ1) is 28.2. The van der Waals surface area contributed by atoms with Crippen molar-refractivity contribution >= 4 is 58.5 Å². The van der Waals surface area contributed by atoms with E-state index in [1.165, 1.54) is 17.3 Å². The van der Waals surface area contributed by atoms with Gasteiger partial charge in [-0.3, -0.25) is 14.4 Å². The lowest BCUT2D eigenvalue weighted by atomic mass is 10.0. The van der Waals surface area contributed by atoms with E-state index < -0.39 is 11.8 Å². The molecule has 2 N–H and O–H groups in total. The number of benzene rings is 4. The molecule has 0 fully saturated rings. The lowest BCUT2D eigenvalue weighted by Crippen LogP contribution is -2.36. The summed E-state index contributed by atoms with van der Waals surface area (Å²) >= 11 is 7.43. The molecule has 0 aromatic heterocycles. The van der Waals surface area contributed by atoms with E-state index in [0.717, 1.165) is 23.4 Å². The quantitative estimate of drug-likeness (QED) is 0.177. The summed E-state index contributed by atoms with van der Waals surface area (Å²) in [4.78, 5) is 42.0. The standard InChI is InChI=1S/C33H28ClN3O3S/c34-26-17-15-23(16-18-26)20-29(36-32(39)25-9-2-1-3-10-25)33(40)35-27-12-6-13-28(21-27)41-22-31(38)37-19-7-11-24-8-4-5-14-30(24)37/h1-6,8-10,12-18,20-21H,7,11,19,22H2,(H,35,40)(H,36,39)/b29-20-. The van der Waals surface area contributed by atoms with E-state index in [1.807, 2.05) is 47.4 Å². The van der Waals surface area contributed by atoms with Crippen LogP contribution in [0.5, 0.6) is 0 Å². The third-order valence-electron chi connectivity index (χ3n) is 6.58. The van der Waals surface area contributed by atoms with Crippen molar-refractivity contribution in [1.29, 1.82) is 0 Å². The van der Waals surface area contributed by atoms with Crippen molar-refractivity contribution in [1.82, 2.24) is 5.32 Å². The third-order valence-corrected chi connectivity index (χ3v) is 7.81. The molecule has 0 saturated carbocycles. The average molecular weight is 582 g/mol. The van der Waals surface area contributed by atoms with E-state index in [-0.39, 0.29) is 17.4 Å². The molecule has 1 heterocycles. The Bertz CT molecular complexity index is 1590. The number of para-hydroxylation sites is 1. The number of carbonyl (C=O) groups excluding carboxylic acids is 3. The highest BCUT2D eigenvalue weighted by molar-refractivity contribution is 8.00. The van der Waals surface area contributed by atoms with Crippen LogP contribution in [0.25, 0.3) is 6.08 Å². The average Bonchev–Trinajstić information content (AvgIpc) is 3.01. The first-order valence-corrected chi connectivity index (χ1v) is 14.6. The van der Waals surface area contributed by atoms with Crippen LogP contribution in [-0.4, -0.2) is 30.0 Å². The number of aryl methyl sites for hydroxylation is 1. The van der Waals surface area contributed by atoms with Gasteiger partial charge in [-0.1, -0.05) is 66.2 Å². The third kappa shape index (κ3) is 7.45. The lowest BCUT2D eigenvalue weighted by molar-refractivity contribution is -0.116. The molecule has 1 aliphatic heterocycles. The Balaban J connectivity index is 1.28. The zero-order valence-electron chi connectivity index (χ0n) is 22.2. The highest BCUT2D eigenvalue weighted by Gasteiger charge is 2.22. The molecular formula is C33H28ClN3O3S. The molecular weight excluding hydrogens is 554 g/mol. The van der Waals surface area contributed by atoms with Crippen LogP contribution in [0.1, 0.15) is 27.9 Å². The van der Waals surface area contributed by atoms with Crippen molar-refractivity contribution in [2.75, 3.05) is 22.5 Å². The summed E-state index contributed by atoms with van der Waals surface area (Å²) in [5, 5.41) is 6.18. The Labute approximate surface area is 248 Å². The Morgan fingerprint density at radius 2 is 1.63 bits per heavy atom. The minimum Gasteiger partial charge on any atom is -0.321 e. The Hall–Kier alpha value is -4.33. The van der Waals surface area contributed by atoms with Crippen LogP contribution < -0.4 is 15.5 Å². The van der Waals surface area contributed by atoms with Gasteiger partial charge in [0.1, 0.15) is 5.70 Å². The summed E-state index contributed by atoms with van der Waals surface area (Å²) in [5.41, 5.74) is 3.95. The van der Waals surface area contributed by atoms with Gasteiger partial charge in [0.05, 0.1) is 5.75 Å². The predicted octanol–water partition coefficient (Wildman–Crippen LogP) is 6.82. The van der Waals surface area contributed by atoms with Gasteiger partial charge in [0.2, 0.25) is 5.91 Å². The largest absolute Gasteiger partial charge is 0.321 e. The van der Waals surface area contributed by atoms with Gasteiger partial charge in [0, 0.05) is 33.4 Å². The summed E-state index contributed by atoms with van der Waals surface area (Å²) < 4.78 is 0. The van der Waals surface area contributed by atoms with Gasteiger partial charge in [-0.25, -0.2) is 0 Å². The van der Waals surface area contributed by atoms with Crippen LogP contribution in [0.3, 0.4) is 0 Å². The van der Waals surface area contributed by atoms with Crippen LogP contribution in [0.2, 0.25) is 5.02 Å². The number of fused-ring (bicyclic) bond motifs is 1. The summed E-state index contributed by atoms with van der Waals surface area (Å²) in [5.74, 6) is -0.551. The fraction of sp³-hybridized carbons (Fsp3) is 0.121. The van der Waals surface area contributed by atoms with Crippen LogP contribution in [-0.2, 0) is 16.0 Å². The number of nitrogens with one attached hydrogen (secondary N) is 2. The smallest absolute Gasteiger partial charge is 0.272 e. The highest BCUT2D eigenvalue weighted by atomic mass is 35.5. The zero-order valence-corrected chi connectivity index (χ0v) is 23.8. The van der Waals surface area contributed by atoms with Crippen LogP contribution in [0.4, 0.5) is 11.4 Å². The molecule has 0 spiro atoms. The van der Waals surface area contributed by atoms with E-state index in [0.29, 0.717) is 28.4 Å². The molecule has 41 heavy (non-hydrogen) atoms. The number of rotatable bonds is 8. The van der Waals surface area contributed by atoms with Gasteiger partial charge in [-0.05, 0) is 78.6 Å². The van der Waals surface area contributed by atoms with Gasteiger partial charge in [-0.2, -0.15) is 0 Å². The van der Waals surface area contributed by atoms with Crippen LogP contribution in [0.15, 0.2) is 114 Å². The fourth-order valence-corrected chi connectivity index (χ4v) is 5.50. The predicted molar refractivity (Wildman–Crippen MR) is 166 cm³/mol. The molecule has 4 aromatic carbocycles. The number of hydrogen-bond donors (Lipinski definition) is 2. The minimum absolute atomic E-state index is 0.0494. The van der Waals surface area contributed by atoms with Gasteiger partial charge in [-0.15, -0.1) is 11.8 Å². The number of carbonyl (C=O) groups is 3. The molecule has 0 atom stereocenters. The lowest BCUT2D eigenvalue weighted by Gasteiger charge is -2.29. The number of amides is 3. The maximum atomic E-state index is 13.4. The van der Waals surface area contributed by atoms with Crippen LogP contribution >= 0.6 is 23.4 Å². The molecule has 0 unspecified atom stereocenters. The number of halogens is 1. The summed E-state index contributed by atoms with van der Waals surface area (Å²) in [7, 11) is 0. The summed E-state index contributed by atoms with van der Waals surface area (Å²) in [6.07, 6.45) is 3.52. The molecule has 0 radical (unpaired) electrons. The number of nitrogens with zero attached hydrogens (tertiary/aromatic N) is 1. The monoisotopic (exact) mass is 581 g/mol. The van der Waals surface area contributed by atoms with Gasteiger partial charge < -0.3 is 15.5 Å². The minimum atomic E-state index is -0.479. The SMILES string of the molecule is O=C(Nc1cccc(SCC(=O)N2CCCc3ccccc32)c1)/C(=C/c1ccc(Cl)cc1)NC(=O)c1ccccc1. The Morgan fingerprint density at radius 1 is 0.878 bits per heavy atom. The highest BCUT2D eigenvalue weighted by Crippen LogP contribution is 2.29. The normalized spacial score (nSPS) is 12.8. The van der Waals surface area contributed by atoms with Crippen molar-refractivity contribution in [3.05, 3.63) is 131 Å². The first-order valence-electron chi connectivity index (χ1n) is 13.2. The second kappa shape index (κ2) is 13.4. The maximum absolute atomic E-state index is 13.4. The van der Waals surface area contributed by atoms with Crippen molar-refractivity contribution in [3.63, 3.8) is 0 Å². The molecule has 206 valence electrons. The van der Waals surface area contributed by atoms with Crippen molar-refractivity contribution in [2.45, 2.75) is 17.7 Å². The molecule has 5 rings (SSSR count). The van der Waals surface area contributed by atoms with Gasteiger partial charge in [0.25, 0.3) is 11.8 Å². The van der Waals surface area contributed by atoms with E-state index >= 15 is 0 Å². The molecule has 0 aliphatic carbocycles. The van der Waals surface area contributed by atoms with E-state index in [1.54, 1.807) is 60.7 Å². The molecule has 8 heteroatoms. The van der Waals surface area contributed by atoms with Gasteiger partial charge in [0.15, 0.2) is 0 Å². The topological polar surface area (TPSA) is 78.5 Å². The molecule has 0 bridgehead atoms. The summed E-state index contributed by atoms with van der Waals surface area (Å²) in [6.45, 7) is 0.712. The maximum Gasteiger partial charge on any atom is 0.272 e. The Morgan fingerprint density at radius 3 is 2.44 bits per heavy atom. The number of hydrogen-bond acceptors (Lipinski definition) is 4. The number of anilines is 2. The first-order chi connectivity index (χ1) is 20.0.